The predicted molar refractivity (Wildman–Crippen MR) is 55.6 cm³/mol. The molecule has 0 saturated carbocycles. The van der Waals surface area contributed by atoms with Gasteiger partial charge in [-0.2, -0.15) is 0 Å². The summed E-state index contributed by atoms with van der Waals surface area (Å²) in [5, 5.41) is 10.0. The Bertz CT molecular complexity index is 318. The van der Waals surface area contributed by atoms with Gasteiger partial charge in [-0.3, -0.25) is 0 Å². The van der Waals surface area contributed by atoms with E-state index in [4.69, 9.17) is 0 Å². The van der Waals surface area contributed by atoms with Crippen LogP contribution in [0.15, 0.2) is 18.2 Å². The van der Waals surface area contributed by atoms with Gasteiger partial charge in [0.15, 0.2) is 0 Å². The highest BCUT2D eigenvalue weighted by Gasteiger charge is 2.22. The third-order valence-corrected chi connectivity index (χ3v) is 2.53. The van der Waals surface area contributed by atoms with E-state index < -0.39 is 5.60 Å². The van der Waals surface area contributed by atoms with Gasteiger partial charge in [0.05, 0.1) is 5.60 Å². The number of hydrogen-bond acceptors (Lipinski definition) is 1. The van der Waals surface area contributed by atoms with E-state index >= 15 is 0 Å². The Morgan fingerprint density at radius 2 is 2.07 bits per heavy atom. The summed E-state index contributed by atoms with van der Waals surface area (Å²) in [6, 6.07) is 4.91. The second-order valence-corrected chi connectivity index (χ2v) is 3.99. The van der Waals surface area contributed by atoms with Crippen LogP contribution < -0.4 is 0 Å². The van der Waals surface area contributed by atoms with Crippen molar-refractivity contribution in [1.82, 2.24) is 0 Å². The van der Waals surface area contributed by atoms with Crippen molar-refractivity contribution < 1.29 is 9.50 Å². The maximum absolute atomic E-state index is 13.2. The van der Waals surface area contributed by atoms with Crippen LogP contribution in [-0.2, 0) is 5.60 Å². The van der Waals surface area contributed by atoms with Gasteiger partial charge in [-0.1, -0.05) is 25.5 Å². The molecular weight excluding hydrogens is 179 g/mol. The molecule has 0 spiro atoms. The summed E-state index contributed by atoms with van der Waals surface area (Å²) in [5.41, 5.74) is 0.354. The number of benzene rings is 1. The van der Waals surface area contributed by atoms with Crippen molar-refractivity contribution in [2.45, 2.75) is 39.2 Å². The van der Waals surface area contributed by atoms with Gasteiger partial charge in [-0.05, 0) is 37.5 Å². The average molecular weight is 196 g/mol. The molecule has 1 atom stereocenters. The average Bonchev–Trinajstić information content (AvgIpc) is 2.09. The Labute approximate surface area is 84.6 Å². The van der Waals surface area contributed by atoms with Crippen LogP contribution in [0.3, 0.4) is 0 Å². The van der Waals surface area contributed by atoms with Crippen LogP contribution in [0, 0.1) is 12.7 Å². The molecule has 0 aliphatic rings. The van der Waals surface area contributed by atoms with E-state index in [1.807, 2.05) is 6.92 Å². The number of rotatable bonds is 3. The van der Waals surface area contributed by atoms with Crippen molar-refractivity contribution in [3.63, 3.8) is 0 Å². The molecule has 0 saturated heterocycles. The molecule has 1 aromatic carbocycles. The van der Waals surface area contributed by atoms with Gasteiger partial charge in [0.25, 0.3) is 0 Å². The van der Waals surface area contributed by atoms with E-state index in [-0.39, 0.29) is 5.82 Å². The minimum atomic E-state index is -0.913. The Hall–Kier alpha value is -0.890. The van der Waals surface area contributed by atoms with E-state index in [9.17, 15) is 9.50 Å². The molecule has 1 aromatic rings. The SMILES string of the molecule is CCC[C@@](C)(O)c1ccc(C)c(F)c1. The topological polar surface area (TPSA) is 20.2 Å². The van der Waals surface area contributed by atoms with E-state index in [1.165, 1.54) is 6.07 Å². The minimum absolute atomic E-state index is 0.251. The summed E-state index contributed by atoms with van der Waals surface area (Å²) in [4.78, 5) is 0. The van der Waals surface area contributed by atoms with Gasteiger partial charge >= 0.3 is 0 Å². The van der Waals surface area contributed by atoms with E-state index in [0.717, 1.165) is 6.42 Å². The van der Waals surface area contributed by atoms with Crippen molar-refractivity contribution in [2.75, 3.05) is 0 Å². The Morgan fingerprint density at radius 1 is 1.43 bits per heavy atom. The number of halogens is 1. The summed E-state index contributed by atoms with van der Waals surface area (Å²) in [6.07, 6.45) is 1.53. The van der Waals surface area contributed by atoms with Gasteiger partial charge in [0.1, 0.15) is 5.82 Å². The summed E-state index contributed by atoms with van der Waals surface area (Å²) < 4.78 is 13.2. The van der Waals surface area contributed by atoms with Gasteiger partial charge in [0.2, 0.25) is 0 Å². The fraction of sp³-hybridized carbons (Fsp3) is 0.500. The van der Waals surface area contributed by atoms with Crippen LogP contribution >= 0.6 is 0 Å². The molecule has 0 radical (unpaired) electrons. The second-order valence-electron chi connectivity index (χ2n) is 3.99. The smallest absolute Gasteiger partial charge is 0.126 e. The first-order chi connectivity index (χ1) is 6.47. The Morgan fingerprint density at radius 3 is 2.57 bits per heavy atom. The summed E-state index contributed by atoms with van der Waals surface area (Å²) in [6.45, 7) is 5.44. The van der Waals surface area contributed by atoms with Gasteiger partial charge in [-0.15, -0.1) is 0 Å². The molecule has 14 heavy (non-hydrogen) atoms. The monoisotopic (exact) mass is 196 g/mol. The molecule has 1 nitrogen and oxygen atoms in total. The predicted octanol–water partition coefficient (Wildman–Crippen LogP) is 3.14. The van der Waals surface area contributed by atoms with E-state index in [0.29, 0.717) is 17.5 Å². The first kappa shape index (κ1) is 11.2. The lowest BCUT2D eigenvalue weighted by Gasteiger charge is -2.23. The molecule has 0 bridgehead atoms. The Kier molecular flexibility index (Phi) is 3.27. The van der Waals surface area contributed by atoms with Crippen molar-refractivity contribution in [3.8, 4) is 0 Å². The maximum atomic E-state index is 13.2. The molecule has 2 heteroatoms. The van der Waals surface area contributed by atoms with Gasteiger partial charge in [0, 0.05) is 0 Å². The molecular formula is C12H17FO. The molecule has 78 valence electrons. The molecule has 1 rings (SSSR count). The lowest BCUT2D eigenvalue weighted by Crippen LogP contribution is -2.20. The largest absolute Gasteiger partial charge is 0.385 e. The standard InChI is InChI=1S/C12H17FO/c1-4-7-12(3,14)10-6-5-9(2)11(13)8-10/h5-6,8,14H,4,7H2,1-3H3/t12-/m1/s1. The van der Waals surface area contributed by atoms with Crippen molar-refractivity contribution in [3.05, 3.63) is 35.1 Å². The van der Waals surface area contributed by atoms with E-state index in [2.05, 4.69) is 0 Å². The second kappa shape index (κ2) is 4.09. The zero-order chi connectivity index (χ0) is 10.8. The first-order valence-electron chi connectivity index (χ1n) is 4.96. The van der Waals surface area contributed by atoms with Gasteiger partial charge in [-0.25, -0.2) is 4.39 Å². The number of aliphatic hydroxyl groups is 1. The molecule has 0 aromatic heterocycles. The van der Waals surface area contributed by atoms with Gasteiger partial charge < -0.3 is 5.11 Å². The van der Waals surface area contributed by atoms with Crippen molar-refractivity contribution >= 4 is 0 Å². The highest BCUT2D eigenvalue weighted by atomic mass is 19.1. The van der Waals surface area contributed by atoms with Crippen LogP contribution in [0.2, 0.25) is 0 Å². The van der Waals surface area contributed by atoms with Crippen molar-refractivity contribution in [2.24, 2.45) is 0 Å². The first-order valence-corrected chi connectivity index (χ1v) is 4.96. The lowest BCUT2D eigenvalue weighted by atomic mass is 9.91. The highest BCUT2D eigenvalue weighted by molar-refractivity contribution is 5.27. The molecule has 0 aliphatic heterocycles. The summed E-state index contributed by atoms with van der Waals surface area (Å²) in [5.74, 6) is -0.251. The maximum Gasteiger partial charge on any atom is 0.126 e. The summed E-state index contributed by atoms with van der Waals surface area (Å²) in [7, 11) is 0. The quantitative estimate of drug-likeness (QED) is 0.787. The molecule has 1 N–H and O–H groups in total. The number of aryl methyl sites for hydroxylation is 1. The van der Waals surface area contributed by atoms with E-state index in [1.54, 1.807) is 26.0 Å². The summed E-state index contributed by atoms with van der Waals surface area (Å²) >= 11 is 0. The van der Waals surface area contributed by atoms with Crippen LogP contribution in [-0.4, -0.2) is 5.11 Å². The molecule has 0 amide bonds. The molecule has 0 fully saturated rings. The highest BCUT2D eigenvalue weighted by Crippen LogP contribution is 2.26. The molecule has 0 heterocycles. The lowest BCUT2D eigenvalue weighted by molar-refractivity contribution is 0.0466. The zero-order valence-corrected chi connectivity index (χ0v) is 8.97. The normalized spacial score (nSPS) is 15.2. The van der Waals surface area contributed by atoms with Crippen LogP contribution in [0.1, 0.15) is 37.8 Å². The minimum Gasteiger partial charge on any atom is -0.385 e. The number of hydrogen-bond donors (Lipinski definition) is 1. The van der Waals surface area contributed by atoms with Crippen LogP contribution in [0.5, 0.6) is 0 Å². The van der Waals surface area contributed by atoms with Crippen LogP contribution in [0.25, 0.3) is 0 Å². The Balaban J connectivity index is 3.01. The fourth-order valence-electron chi connectivity index (χ4n) is 1.56. The van der Waals surface area contributed by atoms with Crippen molar-refractivity contribution in [1.29, 1.82) is 0 Å². The zero-order valence-electron chi connectivity index (χ0n) is 8.97. The fourth-order valence-corrected chi connectivity index (χ4v) is 1.56. The third kappa shape index (κ3) is 2.32. The van der Waals surface area contributed by atoms with Crippen LogP contribution in [0.4, 0.5) is 4.39 Å². The molecule has 0 aliphatic carbocycles. The third-order valence-electron chi connectivity index (χ3n) is 2.53. The molecule has 0 unspecified atom stereocenters.